The molecule has 0 bridgehead atoms. The van der Waals surface area contributed by atoms with Gasteiger partial charge in [0.05, 0.1) is 12.1 Å². The molecule has 19 heavy (non-hydrogen) atoms. The van der Waals surface area contributed by atoms with Crippen molar-refractivity contribution >= 4 is 5.91 Å². The quantitative estimate of drug-likeness (QED) is 0.815. The minimum atomic E-state index is -0.518. The first kappa shape index (κ1) is 12.4. The van der Waals surface area contributed by atoms with E-state index < -0.39 is 6.10 Å². The van der Waals surface area contributed by atoms with Crippen molar-refractivity contribution in [3.63, 3.8) is 0 Å². The van der Waals surface area contributed by atoms with Crippen LogP contribution in [0.2, 0.25) is 0 Å². The van der Waals surface area contributed by atoms with Gasteiger partial charge in [0, 0.05) is 12.5 Å². The number of carbonyl (C=O) groups excluding carboxylic acids is 1. The molecule has 1 saturated carbocycles. The molecule has 0 saturated heterocycles. The van der Waals surface area contributed by atoms with Gasteiger partial charge in [-0.05, 0) is 36.8 Å². The highest BCUT2D eigenvalue weighted by molar-refractivity contribution is 5.88. The summed E-state index contributed by atoms with van der Waals surface area (Å²) in [7, 11) is 0. The number of hydrogen-bond acceptors (Lipinski definition) is 2. The zero-order valence-corrected chi connectivity index (χ0v) is 11.1. The largest absolute Gasteiger partial charge is 0.390 e. The first-order valence-electron chi connectivity index (χ1n) is 6.89. The Morgan fingerprint density at radius 3 is 2.84 bits per heavy atom. The number of hydrogen-bond donors (Lipinski definition) is 2. The average molecular weight is 257 g/mol. The number of amides is 1. The van der Waals surface area contributed by atoms with E-state index in [0.29, 0.717) is 12.3 Å². The maximum atomic E-state index is 12.0. The molecule has 3 heteroatoms. The summed E-state index contributed by atoms with van der Waals surface area (Å²) in [6.45, 7) is 2.01. The van der Waals surface area contributed by atoms with Crippen LogP contribution in [-0.2, 0) is 11.2 Å². The van der Waals surface area contributed by atoms with Crippen molar-refractivity contribution in [2.24, 2.45) is 5.92 Å². The number of rotatable bonds is 3. The predicted octanol–water partition coefficient (Wildman–Crippen LogP) is 2.12. The Bertz CT molecular complexity index is 531. The molecule has 0 aromatic heterocycles. The van der Waals surface area contributed by atoms with E-state index in [1.807, 2.05) is 31.2 Å². The van der Waals surface area contributed by atoms with Gasteiger partial charge >= 0.3 is 0 Å². The average Bonchev–Trinajstić information content (AvgIpc) is 3.17. The summed E-state index contributed by atoms with van der Waals surface area (Å²) < 4.78 is 0. The van der Waals surface area contributed by atoms with Crippen molar-refractivity contribution in [3.8, 4) is 0 Å². The van der Waals surface area contributed by atoms with Gasteiger partial charge < -0.3 is 10.4 Å². The molecule has 3 nitrogen and oxygen atoms in total. The van der Waals surface area contributed by atoms with Crippen LogP contribution < -0.4 is 5.32 Å². The van der Waals surface area contributed by atoms with Crippen LogP contribution in [0.3, 0.4) is 0 Å². The number of allylic oxidation sites excluding steroid dienone is 1. The molecule has 0 unspecified atom stereocenters. The van der Waals surface area contributed by atoms with Crippen LogP contribution in [0.5, 0.6) is 0 Å². The highest BCUT2D eigenvalue weighted by atomic mass is 16.3. The molecule has 2 aliphatic carbocycles. The van der Waals surface area contributed by atoms with E-state index >= 15 is 0 Å². The van der Waals surface area contributed by atoms with Crippen molar-refractivity contribution < 1.29 is 9.90 Å². The molecule has 0 radical (unpaired) electrons. The van der Waals surface area contributed by atoms with Gasteiger partial charge in [-0.15, -0.1) is 0 Å². The molecular formula is C16H19NO2. The SMILES string of the molecule is C/C(=C/C(=O)N[C@H]1c2ccccc2C[C@H]1O)C1CC1. The minimum Gasteiger partial charge on any atom is -0.390 e. The van der Waals surface area contributed by atoms with Crippen LogP contribution in [0.15, 0.2) is 35.9 Å². The number of aliphatic hydroxyl groups excluding tert-OH is 1. The molecule has 0 heterocycles. The van der Waals surface area contributed by atoms with E-state index in [2.05, 4.69) is 5.32 Å². The molecule has 1 aromatic rings. The lowest BCUT2D eigenvalue weighted by Crippen LogP contribution is -2.32. The first-order chi connectivity index (χ1) is 9.15. The number of fused-ring (bicyclic) bond motifs is 1. The van der Waals surface area contributed by atoms with Gasteiger partial charge in [0.15, 0.2) is 0 Å². The number of aliphatic hydroxyl groups is 1. The van der Waals surface area contributed by atoms with E-state index in [1.54, 1.807) is 6.08 Å². The molecule has 1 aromatic carbocycles. The fraction of sp³-hybridized carbons (Fsp3) is 0.438. The monoisotopic (exact) mass is 257 g/mol. The lowest BCUT2D eigenvalue weighted by atomic mass is 10.1. The molecule has 3 rings (SSSR count). The van der Waals surface area contributed by atoms with Gasteiger partial charge in [-0.2, -0.15) is 0 Å². The van der Waals surface area contributed by atoms with Crippen molar-refractivity contribution in [2.45, 2.75) is 38.3 Å². The van der Waals surface area contributed by atoms with Crippen molar-refractivity contribution in [3.05, 3.63) is 47.0 Å². The summed E-state index contributed by atoms with van der Waals surface area (Å²) in [5.41, 5.74) is 3.32. The Kier molecular flexibility index (Phi) is 3.15. The Hall–Kier alpha value is -1.61. The second kappa shape index (κ2) is 4.82. The highest BCUT2D eigenvalue weighted by Gasteiger charge is 2.31. The van der Waals surface area contributed by atoms with E-state index in [1.165, 1.54) is 12.8 Å². The maximum absolute atomic E-state index is 12.0. The Morgan fingerprint density at radius 1 is 1.37 bits per heavy atom. The molecule has 0 spiro atoms. The zero-order chi connectivity index (χ0) is 13.4. The molecule has 2 N–H and O–H groups in total. The molecular weight excluding hydrogens is 238 g/mol. The number of carbonyl (C=O) groups is 1. The fourth-order valence-electron chi connectivity index (χ4n) is 2.81. The van der Waals surface area contributed by atoms with E-state index in [4.69, 9.17) is 0 Å². The fourth-order valence-corrected chi connectivity index (χ4v) is 2.81. The summed E-state index contributed by atoms with van der Waals surface area (Å²) in [6.07, 6.45) is 4.18. The third-order valence-corrected chi connectivity index (χ3v) is 4.08. The normalized spacial score (nSPS) is 26.1. The summed E-state index contributed by atoms with van der Waals surface area (Å²) in [4.78, 5) is 12.0. The van der Waals surface area contributed by atoms with E-state index in [-0.39, 0.29) is 11.9 Å². The van der Waals surface area contributed by atoms with Crippen LogP contribution >= 0.6 is 0 Å². The van der Waals surface area contributed by atoms with Crippen LogP contribution in [0.1, 0.15) is 36.9 Å². The van der Waals surface area contributed by atoms with E-state index in [9.17, 15) is 9.90 Å². The Labute approximate surface area is 113 Å². The smallest absolute Gasteiger partial charge is 0.244 e. The predicted molar refractivity (Wildman–Crippen MR) is 73.5 cm³/mol. The summed E-state index contributed by atoms with van der Waals surface area (Å²) in [5.74, 6) is 0.511. The summed E-state index contributed by atoms with van der Waals surface area (Å²) in [6, 6.07) is 7.63. The molecule has 2 atom stereocenters. The highest BCUT2D eigenvalue weighted by Crippen LogP contribution is 2.36. The van der Waals surface area contributed by atoms with Crippen LogP contribution in [0.25, 0.3) is 0 Å². The standard InChI is InChI=1S/C16H19NO2/c1-10(11-6-7-11)8-15(19)17-16-13-5-3-2-4-12(13)9-14(16)18/h2-5,8,11,14,16,18H,6-7,9H2,1H3,(H,17,19)/b10-8-/t14-,16+/m1/s1. The number of nitrogens with one attached hydrogen (secondary N) is 1. The molecule has 1 fully saturated rings. The molecule has 2 aliphatic rings. The van der Waals surface area contributed by atoms with Gasteiger partial charge in [-0.3, -0.25) is 4.79 Å². The van der Waals surface area contributed by atoms with E-state index in [0.717, 1.165) is 16.7 Å². The van der Waals surface area contributed by atoms with Gasteiger partial charge in [-0.1, -0.05) is 29.8 Å². The number of benzene rings is 1. The second-order valence-corrected chi connectivity index (χ2v) is 5.62. The topological polar surface area (TPSA) is 49.3 Å². The second-order valence-electron chi connectivity index (χ2n) is 5.62. The minimum absolute atomic E-state index is 0.0925. The summed E-state index contributed by atoms with van der Waals surface area (Å²) >= 11 is 0. The lowest BCUT2D eigenvalue weighted by molar-refractivity contribution is -0.118. The van der Waals surface area contributed by atoms with Crippen molar-refractivity contribution in [1.82, 2.24) is 5.32 Å². The van der Waals surface area contributed by atoms with Crippen LogP contribution in [0, 0.1) is 5.92 Å². The first-order valence-corrected chi connectivity index (χ1v) is 6.89. The van der Waals surface area contributed by atoms with Gasteiger partial charge in [0.2, 0.25) is 5.91 Å². The Morgan fingerprint density at radius 2 is 2.11 bits per heavy atom. The molecule has 1 amide bonds. The third kappa shape index (κ3) is 2.56. The van der Waals surface area contributed by atoms with Crippen LogP contribution in [-0.4, -0.2) is 17.1 Å². The Balaban J connectivity index is 1.72. The van der Waals surface area contributed by atoms with Crippen molar-refractivity contribution in [2.75, 3.05) is 0 Å². The lowest BCUT2D eigenvalue weighted by Gasteiger charge is -2.17. The third-order valence-electron chi connectivity index (χ3n) is 4.08. The van der Waals surface area contributed by atoms with Gasteiger partial charge in [0.1, 0.15) is 0 Å². The van der Waals surface area contributed by atoms with Crippen molar-refractivity contribution in [1.29, 1.82) is 0 Å². The molecule has 100 valence electrons. The van der Waals surface area contributed by atoms with Crippen LogP contribution in [0.4, 0.5) is 0 Å². The molecule has 0 aliphatic heterocycles. The maximum Gasteiger partial charge on any atom is 0.244 e. The van der Waals surface area contributed by atoms with Gasteiger partial charge in [0.25, 0.3) is 0 Å². The van der Waals surface area contributed by atoms with Gasteiger partial charge in [-0.25, -0.2) is 0 Å². The summed E-state index contributed by atoms with van der Waals surface area (Å²) in [5, 5.41) is 13.0. The zero-order valence-electron chi connectivity index (χ0n) is 11.1.